The van der Waals surface area contributed by atoms with E-state index in [0.29, 0.717) is 29.3 Å². The van der Waals surface area contributed by atoms with Crippen molar-refractivity contribution in [1.82, 2.24) is 15.0 Å². The Morgan fingerprint density at radius 2 is 1.12 bits per heavy atom. The lowest BCUT2D eigenvalue weighted by Crippen LogP contribution is -2.42. The zero-order valence-corrected chi connectivity index (χ0v) is 31.7. The Morgan fingerprint density at radius 3 is 1.79 bits per heavy atom. The number of hydrogen-bond acceptors (Lipinski definition) is 5. The number of nitrogens with zero attached hydrogens (tertiary/aromatic N) is 4. The summed E-state index contributed by atoms with van der Waals surface area (Å²) in [7, 11) is 0. The summed E-state index contributed by atoms with van der Waals surface area (Å²) in [5, 5.41) is 12.4. The van der Waals surface area contributed by atoms with Crippen molar-refractivity contribution in [3.63, 3.8) is 0 Å². The Bertz CT molecular complexity index is 2760. The molecule has 5 nitrogen and oxygen atoms in total. The molecule has 272 valence electrons. The Morgan fingerprint density at radius 1 is 0.554 bits per heavy atom. The molecular weight excluding hydrogens is 685 g/mol. The highest BCUT2D eigenvalue weighted by Gasteiger charge is 2.45. The van der Waals surface area contributed by atoms with Gasteiger partial charge in [-0.3, -0.25) is 0 Å². The van der Waals surface area contributed by atoms with Crippen LogP contribution >= 0.6 is 0 Å². The summed E-state index contributed by atoms with van der Waals surface area (Å²) in [5.41, 5.74) is 11.0. The number of para-hydroxylation sites is 2. The van der Waals surface area contributed by atoms with Crippen LogP contribution in [0.15, 0.2) is 144 Å². The van der Waals surface area contributed by atoms with Gasteiger partial charge in [0.25, 0.3) is 0 Å². The van der Waals surface area contributed by atoms with E-state index in [1.54, 1.807) is 0 Å². The van der Waals surface area contributed by atoms with Crippen molar-refractivity contribution in [3.8, 4) is 62.5 Å². The highest BCUT2D eigenvalue weighted by Crippen LogP contribution is 2.54. The summed E-state index contributed by atoms with van der Waals surface area (Å²) in [5.74, 6) is 4.03. The van der Waals surface area contributed by atoms with Crippen molar-refractivity contribution < 1.29 is 4.42 Å². The van der Waals surface area contributed by atoms with Crippen molar-refractivity contribution in [2.45, 2.75) is 51.4 Å². The molecule has 2 aliphatic rings. The highest BCUT2D eigenvalue weighted by atomic mass is 16.3. The molecule has 2 aromatic heterocycles. The number of benzene rings is 6. The molecule has 0 spiro atoms. The van der Waals surface area contributed by atoms with Crippen molar-refractivity contribution in [2.24, 2.45) is 17.8 Å². The Hall–Kier alpha value is -6.38. The fourth-order valence-corrected chi connectivity index (χ4v) is 10.2. The molecule has 0 saturated heterocycles. The molecule has 2 fully saturated rings. The fourth-order valence-electron chi connectivity index (χ4n) is 10.2. The van der Waals surface area contributed by atoms with Crippen LogP contribution in [0.2, 0.25) is 0 Å². The van der Waals surface area contributed by atoms with Crippen molar-refractivity contribution in [2.75, 3.05) is 0 Å². The summed E-state index contributed by atoms with van der Waals surface area (Å²) in [6.45, 7) is 4.83. The van der Waals surface area contributed by atoms with E-state index < -0.39 is 0 Å². The van der Waals surface area contributed by atoms with Crippen LogP contribution in [0.25, 0.3) is 78.4 Å². The molecule has 2 heterocycles. The molecule has 0 amide bonds. The maximum atomic E-state index is 10.2. The molecule has 4 atom stereocenters. The minimum atomic E-state index is 0.148. The number of hydrogen-bond donors (Lipinski definition) is 0. The molecule has 0 aliphatic heterocycles. The maximum Gasteiger partial charge on any atom is 0.164 e. The second kappa shape index (κ2) is 13.7. The van der Waals surface area contributed by atoms with Crippen LogP contribution in [0.1, 0.15) is 57.1 Å². The summed E-state index contributed by atoms with van der Waals surface area (Å²) in [4.78, 5) is 15.0. The average Bonchev–Trinajstić information content (AvgIpc) is 3.62. The quantitative estimate of drug-likeness (QED) is 0.170. The van der Waals surface area contributed by atoms with Crippen molar-refractivity contribution in [1.29, 1.82) is 5.26 Å². The Balaban J connectivity index is 1.00. The van der Waals surface area contributed by atoms with Gasteiger partial charge in [-0.1, -0.05) is 135 Å². The summed E-state index contributed by atoms with van der Waals surface area (Å²) < 4.78 is 6.34. The molecule has 1 unspecified atom stereocenters. The average molecular weight is 727 g/mol. The Kier molecular flexibility index (Phi) is 8.37. The van der Waals surface area contributed by atoms with Crippen LogP contribution in [0.5, 0.6) is 0 Å². The predicted octanol–water partition coefficient (Wildman–Crippen LogP) is 13.1. The van der Waals surface area contributed by atoms with E-state index in [9.17, 15) is 5.26 Å². The zero-order valence-electron chi connectivity index (χ0n) is 31.7. The third kappa shape index (κ3) is 6.16. The molecular formula is C51H42N4O. The van der Waals surface area contributed by atoms with E-state index in [4.69, 9.17) is 19.4 Å². The molecule has 6 aromatic carbocycles. The maximum absolute atomic E-state index is 10.2. The van der Waals surface area contributed by atoms with Crippen LogP contribution < -0.4 is 0 Å². The topological polar surface area (TPSA) is 75.6 Å². The van der Waals surface area contributed by atoms with E-state index in [-0.39, 0.29) is 5.41 Å². The van der Waals surface area contributed by atoms with Crippen LogP contribution in [0, 0.1) is 29.1 Å². The van der Waals surface area contributed by atoms with Gasteiger partial charge in [0.1, 0.15) is 11.2 Å². The second-order valence-electron chi connectivity index (χ2n) is 16.5. The van der Waals surface area contributed by atoms with Crippen LogP contribution in [-0.4, -0.2) is 15.0 Å². The molecule has 0 N–H and O–H groups in total. The van der Waals surface area contributed by atoms with Gasteiger partial charge in [-0.05, 0) is 95.7 Å². The molecule has 2 bridgehead atoms. The first-order chi connectivity index (χ1) is 27.4. The summed E-state index contributed by atoms with van der Waals surface area (Å²) in [6.07, 6.45) is 6.30. The van der Waals surface area contributed by atoms with Gasteiger partial charge in [0, 0.05) is 33.0 Å². The number of fused-ring (bicyclic) bond motifs is 5. The first-order valence-electron chi connectivity index (χ1n) is 19.9. The number of nitriles is 1. The number of rotatable bonds is 6. The molecule has 2 aliphatic carbocycles. The first kappa shape index (κ1) is 34.1. The molecule has 56 heavy (non-hydrogen) atoms. The van der Waals surface area contributed by atoms with E-state index in [2.05, 4.69) is 105 Å². The van der Waals surface area contributed by atoms with Gasteiger partial charge in [-0.2, -0.15) is 5.26 Å². The van der Waals surface area contributed by atoms with Gasteiger partial charge >= 0.3 is 0 Å². The third-order valence-corrected chi connectivity index (χ3v) is 12.3. The van der Waals surface area contributed by atoms with E-state index in [0.717, 1.165) is 72.4 Å². The summed E-state index contributed by atoms with van der Waals surface area (Å²) in [6, 6.07) is 50.5. The molecule has 2 saturated carbocycles. The SMILES string of the molecule is C[C@@H]1C[C@@H]2C[C@H](C)CC(c3cc(C#N)cc(-c4ccc(-c5nc(-c6ccccc6)nc(-c6ccc(-c7cccc8c7oc7ccccc78)cc6)n5)cc4)c3)(C1)C2. The zero-order chi connectivity index (χ0) is 37.8. The van der Waals surface area contributed by atoms with E-state index in [1.165, 1.54) is 37.7 Å². The second-order valence-corrected chi connectivity index (χ2v) is 16.5. The highest BCUT2D eigenvalue weighted by molar-refractivity contribution is 6.09. The molecule has 5 heteroatoms. The number of furan rings is 1. The standard InChI is InChI=1S/C51H42N4O/c1-32-23-34-24-33(2)29-51(28-32,30-34)42-26-35(31-52)25-41(27-42)36-15-19-39(20-16-36)49-53-48(38-9-4-3-5-10-38)54-50(55-49)40-21-17-37(18-22-40)43-12-8-13-45-44-11-6-7-14-46(44)56-47(43)45/h3-22,25-27,32-34H,23-24,28-30H2,1-2H3/t32-,33+,34-,51?. The van der Waals surface area contributed by atoms with Crippen LogP contribution in [-0.2, 0) is 5.41 Å². The lowest BCUT2D eigenvalue weighted by atomic mass is 9.54. The first-order valence-corrected chi connectivity index (χ1v) is 19.9. The lowest BCUT2D eigenvalue weighted by molar-refractivity contribution is 0.0780. The number of aromatic nitrogens is 3. The van der Waals surface area contributed by atoms with Gasteiger partial charge in [0.05, 0.1) is 11.6 Å². The van der Waals surface area contributed by atoms with Crippen LogP contribution in [0.3, 0.4) is 0 Å². The largest absolute Gasteiger partial charge is 0.455 e. The molecule has 8 aromatic rings. The van der Waals surface area contributed by atoms with Crippen molar-refractivity contribution in [3.05, 3.63) is 151 Å². The minimum absolute atomic E-state index is 0.148. The van der Waals surface area contributed by atoms with Gasteiger partial charge in [-0.15, -0.1) is 0 Å². The monoisotopic (exact) mass is 726 g/mol. The Labute approximate surface area is 327 Å². The third-order valence-electron chi connectivity index (χ3n) is 12.3. The minimum Gasteiger partial charge on any atom is -0.455 e. The predicted molar refractivity (Wildman–Crippen MR) is 226 cm³/mol. The van der Waals surface area contributed by atoms with E-state index >= 15 is 0 Å². The smallest absolute Gasteiger partial charge is 0.164 e. The van der Waals surface area contributed by atoms with Gasteiger partial charge < -0.3 is 4.42 Å². The normalized spacial score (nSPS) is 20.6. The summed E-state index contributed by atoms with van der Waals surface area (Å²) >= 11 is 0. The molecule has 0 radical (unpaired) electrons. The van der Waals surface area contributed by atoms with Crippen LogP contribution in [0.4, 0.5) is 0 Å². The van der Waals surface area contributed by atoms with Gasteiger partial charge in [0.15, 0.2) is 17.5 Å². The van der Waals surface area contributed by atoms with Gasteiger partial charge in [0.2, 0.25) is 0 Å². The molecule has 10 rings (SSSR count). The van der Waals surface area contributed by atoms with Gasteiger partial charge in [-0.25, -0.2) is 15.0 Å². The lowest BCUT2D eigenvalue weighted by Gasteiger charge is -2.50. The van der Waals surface area contributed by atoms with E-state index in [1.807, 2.05) is 54.6 Å². The van der Waals surface area contributed by atoms with Crippen molar-refractivity contribution >= 4 is 21.9 Å². The fraction of sp³-hybridized carbons (Fsp3) is 0.216.